The van der Waals surface area contributed by atoms with Crippen LogP contribution in [-0.2, 0) is 11.3 Å². The van der Waals surface area contributed by atoms with E-state index in [4.69, 9.17) is 9.15 Å². The topological polar surface area (TPSA) is 63.5 Å². The summed E-state index contributed by atoms with van der Waals surface area (Å²) < 4.78 is 10.5. The van der Waals surface area contributed by atoms with Crippen LogP contribution in [0, 0.1) is 0 Å². The zero-order valence-electron chi connectivity index (χ0n) is 10.6. The van der Waals surface area contributed by atoms with Gasteiger partial charge in [-0.25, -0.2) is 4.79 Å². The number of thiophene rings is 1. The van der Waals surface area contributed by atoms with Gasteiger partial charge < -0.3 is 19.8 Å². The van der Waals surface area contributed by atoms with Gasteiger partial charge in [-0.3, -0.25) is 0 Å². The van der Waals surface area contributed by atoms with Crippen LogP contribution in [0.5, 0.6) is 0 Å². The Kier molecular flexibility index (Phi) is 5.00. The molecule has 0 fully saturated rings. The molecule has 2 aromatic rings. The first-order valence-corrected chi connectivity index (χ1v) is 6.78. The number of rotatable bonds is 6. The lowest BCUT2D eigenvalue weighted by molar-refractivity contribution is 0.0850. The van der Waals surface area contributed by atoms with Crippen molar-refractivity contribution in [2.75, 3.05) is 13.7 Å². The molecule has 2 heterocycles. The second-order valence-electron chi connectivity index (χ2n) is 3.88. The standard InChI is InChI=1S/C13H16N2O3S/c1-17-12(11-5-2-6-18-11)9-15-13(16)14-8-10-4-3-7-19-10/h2-7,12H,8-9H2,1H3,(H2,14,15,16). The van der Waals surface area contributed by atoms with Crippen LogP contribution >= 0.6 is 11.3 Å². The van der Waals surface area contributed by atoms with Gasteiger partial charge in [0.2, 0.25) is 0 Å². The van der Waals surface area contributed by atoms with Crippen molar-refractivity contribution < 1.29 is 13.9 Å². The largest absolute Gasteiger partial charge is 0.467 e. The van der Waals surface area contributed by atoms with E-state index in [1.165, 1.54) is 0 Å². The molecular formula is C13H16N2O3S. The quantitative estimate of drug-likeness (QED) is 0.854. The third-order valence-corrected chi connectivity index (χ3v) is 3.47. The molecule has 0 spiro atoms. The SMILES string of the molecule is COC(CNC(=O)NCc1cccs1)c1ccco1. The second kappa shape index (κ2) is 6.96. The maximum Gasteiger partial charge on any atom is 0.315 e. The molecule has 102 valence electrons. The molecule has 0 aromatic carbocycles. The Morgan fingerprint density at radius 3 is 2.95 bits per heavy atom. The van der Waals surface area contributed by atoms with Crippen LogP contribution in [0.3, 0.4) is 0 Å². The van der Waals surface area contributed by atoms with Crippen LogP contribution in [0.1, 0.15) is 16.7 Å². The molecule has 0 aliphatic carbocycles. The Bertz CT molecular complexity index is 482. The van der Waals surface area contributed by atoms with Gasteiger partial charge >= 0.3 is 6.03 Å². The molecule has 2 N–H and O–H groups in total. The van der Waals surface area contributed by atoms with Crippen molar-refractivity contribution in [3.05, 3.63) is 46.5 Å². The zero-order chi connectivity index (χ0) is 13.5. The van der Waals surface area contributed by atoms with Gasteiger partial charge in [0.15, 0.2) is 0 Å². The number of nitrogens with one attached hydrogen (secondary N) is 2. The lowest BCUT2D eigenvalue weighted by Gasteiger charge is -2.14. The third-order valence-electron chi connectivity index (χ3n) is 2.60. The van der Waals surface area contributed by atoms with Crippen molar-refractivity contribution in [1.82, 2.24) is 10.6 Å². The van der Waals surface area contributed by atoms with Gasteiger partial charge in [-0.2, -0.15) is 0 Å². The molecule has 2 aromatic heterocycles. The maximum atomic E-state index is 11.6. The molecule has 5 nitrogen and oxygen atoms in total. The summed E-state index contributed by atoms with van der Waals surface area (Å²) >= 11 is 1.61. The monoisotopic (exact) mass is 280 g/mol. The fourth-order valence-corrected chi connectivity index (χ4v) is 2.25. The van der Waals surface area contributed by atoms with Crippen molar-refractivity contribution in [1.29, 1.82) is 0 Å². The molecule has 0 bridgehead atoms. The molecule has 2 rings (SSSR count). The summed E-state index contributed by atoms with van der Waals surface area (Å²) in [7, 11) is 1.58. The van der Waals surface area contributed by atoms with Gasteiger partial charge in [0.25, 0.3) is 0 Å². The Labute approximate surface area is 115 Å². The maximum absolute atomic E-state index is 11.6. The van der Waals surface area contributed by atoms with E-state index in [2.05, 4.69) is 10.6 Å². The first-order chi connectivity index (χ1) is 9.29. The summed E-state index contributed by atoms with van der Waals surface area (Å²) in [5, 5.41) is 7.52. The summed E-state index contributed by atoms with van der Waals surface area (Å²) in [6.45, 7) is 0.891. The first kappa shape index (κ1) is 13.6. The van der Waals surface area contributed by atoms with E-state index >= 15 is 0 Å². The van der Waals surface area contributed by atoms with E-state index in [9.17, 15) is 4.79 Å². The van der Waals surface area contributed by atoms with Crippen molar-refractivity contribution >= 4 is 17.4 Å². The minimum atomic E-state index is -0.275. The summed E-state index contributed by atoms with van der Waals surface area (Å²) in [4.78, 5) is 12.7. The van der Waals surface area contributed by atoms with Gasteiger partial charge in [0, 0.05) is 12.0 Å². The highest BCUT2D eigenvalue weighted by Gasteiger charge is 2.14. The Morgan fingerprint density at radius 2 is 2.32 bits per heavy atom. The summed E-state index contributed by atoms with van der Waals surface area (Å²) in [6, 6.07) is 7.32. The van der Waals surface area contributed by atoms with Crippen LogP contribution in [0.25, 0.3) is 0 Å². The highest BCUT2D eigenvalue weighted by molar-refractivity contribution is 7.09. The van der Waals surface area contributed by atoms with Crippen LogP contribution in [0.4, 0.5) is 4.79 Å². The Balaban J connectivity index is 1.73. The molecule has 0 saturated heterocycles. The smallest absolute Gasteiger partial charge is 0.315 e. The molecule has 1 atom stereocenters. The molecule has 0 aliphatic rings. The lowest BCUT2D eigenvalue weighted by Crippen LogP contribution is -2.37. The summed E-state index contributed by atoms with van der Waals surface area (Å²) in [5.74, 6) is 0.695. The number of hydrogen-bond acceptors (Lipinski definition) is 4. The summed E-state index contributed by atoms with van der Waals surface area (Å²) in [6.07, 6.45) is 1.31. The van der Waals surface area contributed by atoms with Gasteiger partial charge in [0.05, 0.1) is 19.4 Å². The first-order valence-electron chi connectivity index (χ1n) is 5.90. The van der Waals surface area contributed by atoms with Crippen molar-refractivity contribution in [2.24, 2.45) is 0 Å². The molecule has 2 amide bonds. The minimum absolute atomic E-state index is 0.220. The Hall–Kier alpha value is -1.79. The number of hydrogen-bond donors (Lipinski definition) is 2. The lowest BCUT2D eigenvalue weighted by atomic mass is 10.3. The van der Waals surface area contributed by atoms with E-state index in [-0.39, 0.29) is 12.1 Å². The van der Waals surface area contributed by atoms with Crippen molar-refractivity contribution in [2.45, 2.75) is 12.6 Å². The zero-order valence-corrected chi connectivity index (χ0v) is 11.4. The van der Waals surface area contributed by atoms with Gasteiger partial charge in [-0.1, -0.05) is 6.07 Å². The highest BCUT2D eigenvalue weighted by Crippen LogP contribution is 2.15. The van der Waals surface area contributed by atoms with Crippen molar-refractivity contribution in [3.63, 3.8) is 0 Å². The molecule has 6 heteroatoms. The van der Waals surface area contributed by atoms with Crippen LogP contribution in [0.15, 0.2) is 40.3 Å². The fourth-order valence-electron chi connectivity index (χ4n) is 1.60. The third kappa shape index (κ3) is 4.11. The molecule has 19 heavy (non-hydrogen) atoms. The van der Waals surface area contributed by atoms with Gasteiger partial charge in [0.1, 0.15) is 11.9 Å². The van der Waals surface area contributed by atoms with Crippen LogP contribution in [0.2, 0.25) is 0 Å². The molecule has 0 aliphatic heterocycles. The van der Waals surface area contributed by atoms with E-state index < -0.39 is 0 Å². The van der Waals surface area contributed by atoms with E-state index in [0.29, 0.717) is 18.8 Å². The van der Waals surface area contributed by atoms with Gasteiger partial charge in [-0.05, 0) is 23.6 Å². The molecular weight excluding hydrogens is 264 g/mol. The number of methoxy groups -OCH3 is 1. The second-order valence-corrected chi connectivity index (χ2v) is 4.91. The van der Waals surface area contributed by atoms with Crippen LogP contribution in [-0.4, -0.2) is 19.7 Å². The van der Waals surface area contributed by atoms with Crippen LogP contribution < -0.4 is 10.6 Å². The molecule has 0 saturated carbocycles. The average Bonchev–Trinajstić information content (AvgIpc) is 3.10. The highest BCUT2D eigenvalue weighted by atomic mass is 32.1. The predicted molar refractivity (Wildman–Crippen MR) is 73.0 cm³/mol. The summed E-state index contributed by atoms with van der Waals surface area (Å²) in [5.41, 5.74) is 0. The van der Waals surface area contributed by atoms with E-state index in [0.717, 1.165) is 4.88 Å². The number of carbonyl (C=O) groups is 1. The number of ether oxygens (including phenoxy) is 1. The number of amides is 2. The average molecular weight is 280 g/mol. The fraction of sp³-hybridized carbons (Fsp3) is 0.308. The van der Waals surface area contributed by atoms with Crippen molar-refractivity contribution in [3.8, 4) is 0 Å². The van der Waals surface area contributed by atoms with E-state index in [1.807, 2.05) is 23.6 Å². The van der Waals surface area contributed by atoms with E-state index in [1.54, 1.807) is 30.8 Å². The number of carbonyl (C=O) groups excluding carboxylic acids is 1. The Morgan fingerprint density at radius 1 is 1.42 bits per heavy atom. The molecule has 1 unspecified atom stereocenters. The number of furan rings is 1. The van der Waals surface area contributed by atoms with Gasteiger partial charge in [-0.15, -0.1) is 11.3 Å². The molecule has 0 radical (unpaired) electrons. The minimum Gasteiger partial charge on any atom is -0.467 e. The number of urea groups is 1. The normalized spacial score (nSPS) is 12.1. The predicted octanol–water partition coefficient (Wildman–Crippen LogP) is 2.53.